The molecule has 1 saturated heterocycles. The Morgan fingerprint density at radius 1 is 1.33 bits per heavy atom. The molecule has 4 nitrogen and oxygen atoms in total. The summed E-state index contributed by atoms with van der Waals surface area (Å²) in [4.78, 5) is 2.37. The van der Waals surface area contributed by atoms with Gasteiger partial charge in [-0.15, -0.1) is 0 Å². The van der Waals surface area contributed by atoms with E-state index in [4.69, 9.17) is 22.5 Å². The maximum Gasteiger partial charge on any atom is 0.171 e. The highest BCUT2D eigenvalue weighted by Crippen LogP contribution is 2.39. The fourth-order valence-corrected chi connectivity index (χ4v) is 3.43. The number of halogens is 1. The van der Waals surface area contributed by atoms with Crippen molar-refractivity contribution in [2.75, 3.05) is 18.0 Å². The van der Waals surface area contributed by atoms with Gasteiger partial charge in [0.2, 0.25) is 0 Å². The second-order valence-corrected chi connectivity index (χ2v) is 6.25. The third-order valence-corrected chi connectivity index (χ3v) is 5.34. The minimum absolute atomic E-state index is 0.0428. The van der Waals surface area contributed by atoms with Crippen LogP contribution in [0.3, 0.4) is 0 Å². The summed E-state index contributed by atoms with van der Waals surface area (Å²) in [5.74, 6) is 0.0428. The van der Waals surface area contributed by atoms with Crippen molar-refractivity contribution in [1.29, 1.82) is 0 Å². The molecule has 1 aromatic rings. The van der Waals surface area contributed by atoms with Gasteiger partial charge in [-0.25, -0.2) is 0 Å². The van der Waals surface area contributed by atoms with Crippen LogP contribution < -0.4 is 10.6 Å². The van der Waals surface area contributed by atoms with Crippen molar-refractivity contribution in [1.82, 2.24) is 0 Å². The summed E-state index contributed by atoms with van der Waals surface area (Å²) in [5, 5.41) is 12.3. The van der Waals surface area contributed by atoms with E-state index in [2.05, 4.69) is 23.9 Å². The van der Waals surface area contributed by atoms with Crippen molar-refractivity contribution in [3.8, 4) is 0 Å². The molecular weight excluding hydrogens is 286 g/mol. The zero-order chi connectivity index (χ0) is 15.5. The van der Waals surface area contributed by atoms with Crippen LogP contribution in [0.2, 0.25) is 5.02 Å². The molecule has 0 aliphatic carbocycles. The first kappa shape index (κ1) is 16.0. The van der Waals surface area contributed by atoms with Gasteiger partial charge in [-0.2, -0.15) is 0 Å². The quantitative estimate of drug-likeness (QED) is 0.384. The average molecular weight is 310 g/mol. The minimum atomic E-state index is 0.0428. The summed E-state index contributed by atoms with van der Waals surface area (Å²) in [6.45, 7) is 6.70. The lowest BCUT2D eigenvalue weighted by molar-refractivity contribution is 0.199. The average Bonchev–Trinajstić information content (AvgIpc) is 2.54. The monoisotopic (exact) mass is 309 g/mol. The maximum atomic E-state index is 8.74. The molecule has 1 fully saturated rings. The van der Waals surface area contributed by atoms with E-state index >= 15 is 0 Å². The van der Waals surface area contributed by atoms with Crippen molar-refractivity contribution in [3.63, 3.8) is 0 Å². The van der Waals surface area contributed by atoms with Gasteiger partial charge in [-0.1, -0.05) is 43.4 Å². The first-order valence-corrected chi connectivity index (χ1v) is 7.95. The molecule has 0 unspecified atom stereocenters. The molecule has 1 aliphatic rings. The molecule has 1 heterocycles. The molecule has 5 heteroatoms. The lowest BCUT2D eigenvalue weighted by Crippen LogP contribution is -2.39. The number of anilines is 1. The van der Waals surface area contributed by atoms with E-state index in [1.807, 2.05) is 18.2 Å². The van der Waals surface area contributed by atoms with Crippen molar-refractivity contribution in [3.05, 3.63) is 28.8 Å². The van der Waals surface area contributed by atoms with Crippen LogP contribution in [-0.2, 0) is 0 Å². The number of hydrogen-bond acceptors (Lipinski definition) is 3. The molecule has 1 aromatic carbocycles. The fourth-order valence-electron chi connectivity index (χ4n) is 3.16. The zero-order valence-electron chi connectivity index (χ0n) is 12.8. The predicted molar refractivity (Wildman–Crippen MR) is 88.4 cm³/mol. The smallest absolute Gasteiger partial charge is 0.171 e. The van der Waals surface area contributed by atoms with E-state index in [9.17, 15) is 0 Å². The van der Waals surface area contributed by atoms with Gasteiger partial charge in [0, 0.05) is 24.3 Å². The van der Waals surface area contributed by atoms with Gasteiger partial charge in [-0.3, -0.25) is 0 Å². The van der Waals surface area contributed by atoms with E-state index in [1.165, 1.54) is 25.7 Å². The first-order chi connectivity index (χ1) is 10.0. The number of nitrogens with zero attached hydrogens (tertiary/aromatic N) is 2. The van der Waals surface area contributed by atoms with Gasteiger partial charge < -0.3 is 15.8 Å². The van der Waals surface area contributed by atoms with Crippen LogP contribution in [0.25, 0.3) is 0 Å². The fraction of sp³-hybridized carbons (Fsp3) is 0.562. The summed E-state index contributed by atoms with van der Waals surface area (Å²) in [6.07, 6.45) is 4.94. The third-order valence-electron chi connectivity index (χ3n) is 5.03. The van der Waals surface area contributed by atoms with Gasteiger partial charge >= 0.3 is 0 Å². The molecule has 0 spiro atoms. The van der Waals surface area contributed by atoms with Crippen LogP contribution in [0.15, 0.2) is 23.4 Å². The number of piperidine rings is 1. The van der Waals surface area contributed by atoms with Gasteiger partial charge in [0.15, 0.2) is 5.84 Å². The summed E-state index contributed by atoms with van der Waals surface area (Å²) in [7, 11) is 0. The highest BCUT2D eigenvalue weighted by atomic mass is 35.5. The van der Waals surface area contributed by atoms with Gasteiger partial charge in [-0.05, 0) is 36.5 Å². The van der Waals surface area contributed by atoms with Gasteiger partial charge in [0.05, 0.1) is 5.02 Å². The Morgan fingerprint density at radius 2 is 1.95 bits per heavy atom. The van der Waals surface area contributed by atoms with Crippen LogP contribution in [0, 0.1) is 5.41 Å². The van der Waals surface area contributed by atoms with Crippen LogP contribution in [0.4, 0.5) is 5.69 Å². The van der Waals surface area contributed by atoms with Crippen molar-refractivity contribution in [2.45, 2.75) is 39.5 Å². The molecule has 0 saturated carbocycles. The minimum Gasteiger partial charge on any atom is -0.409 e. The summed E-state index contributed by atoms with van der Waals surface area (Å²) in [6, 6.07) is 5.71. The summed E-state index contributed by atoms with van der Waals surface area (Å²) >= 11 is 6.23. The summed E-state index contributed by atoms with van der Waals surface area (Å²) < 4.78 is 0. The third kappa shape index (κ3) is 3.26. The second-order valence-electron chi connectivity index (χ2n) is 5.84. The zero-order valence-corrected chi connectivity index (χ0v) is 13.5. The molecule has 0 amide bonds. The van der Waals surface area contributed by atoms with Crippen molar-refractivity contribution >= 4 is 23.1 Å². The Morgan fingerprint density at radius 3 is 2.43 bits per heavy atom. The largest absolute Gasteiger partial charge is 0.409 e. The Bertz CT molecular complexity index is 516. The molecule has 0 radical (unpaired) electrons. The molecule has 1 aliphatic heterocycles. The normalized spacial score (nSPS) is 18.8. The molecular formula is C16H24ClN3O. The Kier molecular flexibility index (Phi) is 4.99. The van der Waals surface area contributed by atoms with Crippen molar-refractivity contribution in [2.24, 2.45) is 16.3 Å². The Hall–Kier alpha value is -1.42. The molecule has 2 rings (SSSR count). The number of nitrogens with two attached hydrogens (primary N) is 1. The van der Waals surface area contributed by atoms with E-state index in [1.54, 1.807) is 0 Å². The molecule has 0 atom stereocenters. The highest BCUT2D eigenvalue weighted by molar-refractivity contribution is 6.34. The van der Waals surface area contributed by atoms with E-state index in [-0.39, 0.29) is 5.84 Å². The highest BCUT2D eigenvalue weighted by Gasteiger charge is 2.31. The van der Waals surface area contributed by atoms with Gasteiger partial charge in [0.25, 0.3) is 0 Å². The lowest BCUT2D eigenvalue weighted by atomic mass is 9.74. The molecule has 3 N–H and O–H groups in total. The number of oxime groups is 1. The van der Waals surface area contributed by atoms with E-state index in [0.717, 1.165) is 18.8 Å². The van der Waals surface area contributed by atoms with E-state index in [0.29, 0.717) is 16.0 Å². The Labute approximate surface area is 131 Å². The van der Waals surface area contributed by atoms with Crippen molar-refractivity contribution < 1.29 is 5.21 Å². The van der Waals surface area contributed by atoms with Crippen LogP contribution in [-0.4, -0.2) is 24.1 Å². The number of amidine groups is 1. The van der Waals surface area contributed by atoms with Crippen LogP contribution in [0.1, 0.15) is 45.1 Å². The van der Waals surface area contributed by atoms with E-state index < -0.39 is 0 Å². The lowest BCUT2D eigenvalue weighted by Gasteiger charge is -2.42. The number of rotatable bonds is 4. The SMILES string of the molecule is CCC1(CC)CCN(c2ccc(C(N)=NO)c(Cl)c2)CC1. The standard InChI is InChI=1S/C16H24ClN3O/c1-3-16(4-2)7-9-20(10-8-16)12-5-6-13(14(17)11-12)15(18)19-21/h5-6,11,21H,3-4,7-10H2,1-2H3,(H2,18,19). The maximum absolute atomic E-state index is 8.74. The topological polar surface area (TPSA) is 61.8 Å². The van der Waals surface area contributed by atoms with Crippen LogP contribution in [0.5, 0.6) is 0 Å². The molecule has 21 heavy (non-hydrogen) atoms. The molecule has 116 valence electrons. The van der Waals surface area contributed by atoms with Gasteiger partial charge in [0.1, 0.15) is 0 Å². The summed E-state index contributed by atoms with van der Waals surface area (Å²) in [5.41, 5.74) is 7.78. The number of benzene rings is 1. The Balaban J connectivity index is 2.13. The first-order valence-electron chi connectivity index (χ1n) is 7.57. The second kappa shape index (κ2) is 6.56. The predicted octanol–water partition coefficient (Wildman–Crippen LogP) is 3.84. The van der Waals surface area contributed by atoms with Crippen LogP contribution >= 0.6 is 11.6 Å². The molecule has 0 bridgehead atoms. The molecule has 0 aromatic heterocycles. The number of hydrogen-bond donors (Lipinski definition) is 2.